The van der Waals surface area contributed by atoms with Crippen molar-refractivity contribution in [1.29, 1.82) is 0 Å². The highest BCUT2D eigenvalue weighted by Gasteiger charge is 2.21. The Bertz CT molecular complexity index is 1040. The number of benzene rings is 2. The quantitative estimate of drug-likeness (QED) is 0.337. The van der Waals surface area contributed by atoms with E-state index in [2.05, 4.69) is 22.9 Å². The van der Waals surface area contributed by atoms with Crippen LogP contribution in [0.15, 0.2) is 65.7 Å². The van der Waals surface area contributed by atoms with Gasteiger partial charge in [0, 0.05) is 24.1 Å². The zero-order valence-electron chi connectivity index (χ0n) is 21.9. The molecule has 0 fully saturated rings. The number of hydrogen-bond donors (Lipinski definition) is 3. The Morgan fingerprint density at radius 2 is 1.76 bits per heavy atom. The van der Waals surface area contributed by atoms with Crippen molar-refractivity contribution >= 4 is 23.9 Å². The van der Waals surface area contributed by atoms with Gasteiger partial charge in [-0.15, -0.1) is 0 Å². The molecule has 0 spiro atoms. The van der Waals surface area contributed by atoms with Crippen LogP contribution in [-0.4, -0.2) is 37.0 Å². The molecule has 1 heterocycles. The molecule has 2 aromatic rings. The van der Waals surface area contributed by atoms with E-state index in [1.54, 1.807) is 11.8 Å². The second-order valence-electron chi connectivity index (χ2n) is 9.62. The zero-order valence-corrected chi connectivity index (χ0v) is 22.7. The number of thioether (sulfide) groups is 1. The predicted molar refractivity (Wildman–Crippen MR) is 146 cm³/mol. The Morgan fingerprint density at radius 1 is 1.03 bits per heavy atom. The van der Waals surface area contributed by atoms with Gasteiger partial charge in [0.15, 0.2) is 0 Å². The van der Waals surface area contributed by atoms with E-state index in [4.69, 9.17) is 14.2 Å². The number of nitrogens with one attached hydrogen (secondary N) is 3. The lowest BCUT2D eigenvalue weighted by molar-refractivity contribution is 0.0533. The molecule has 37 heavy (non-hydrogen) atoms. The van der Waals surface area contributed by atoms with Crippen molar-refractivity contribution in [2.75, 3.05) is 13.1 Å². The SMILES string of the molecule is CC[C@@H](CCNC(=O)OCc1ccccc1)Oc1ccc(C2NC=C(CNC(=O)OC(C)(C)C)S2)cc1. The number of amides is 2. The second kappa shape index (κ2) is 13.8. The summed E-state index contributed by atoms with van der Waals surface area (Å²) in [6.07, 6.45) is 2.54. The van der Waals surface area contributed by atoms with Crippen LogP contribution in [0.3, 0.4) is 0 Å². The van der Waals surface area contributed by atoms with Crippen molar-refractivity contribution in [2.24, 2.45) is 0 Å². The third kappa shape index (κ3) is 10.3. The minimum atomic E-state index is -0.520. The first-order valence-corrected chi connectivity index (χ1v) is 13.4. The molecule has 0 saturated carbocycles. The smallest absolute Gasteiger partial charge is 0.407 e. The van der Waals surface area contributed by atoms with Crippen LogP contribution in [0.25, 0.3) is 0 Å². The van der Waals surface area contributed by atoms with Crippen molar-refractivity contribution in [3.8, 4) is 5.75 Å². The molecule has 8 nitrogen and oxygen atoms in total. The summed E-state index contributed by atoms with van der Waals surface area (Å²) in [7, 11) is 0. The van der Waals surface area contributed by atoms with Gasteiger partial charge < -0.3 is 30.2 Å². The van der Waals surface area contributed by atoms with Gasteiger partial charge in [-0.25, -0.2) is 9.59 Å². The summed E-state index contributed by atoms with van der Waals surface area (Å²) in [4.78, 5) is 24.8. The van der Waals surface area contributed by atoms with Crippen molar-refractivity contribution in [2.45, 2.75) is 64.2 Å². The highest BCUT2D eigenvalue weighted by Crippen LogP contribution is 2.37. The van der Waals surface area contributed by atoms with Crippen LogP contribution < -0.4 is 20.7 Å². The predicted octanol–water partition coefficient (Wildman–Crippen LogP) is 5.86. The van der Waals surface area contributed by atoms with Crippen molar-refractivity contribution in [3.63, 3.8) is 0 Å². The highest BCUT2D eigenvalue weighted by molar-refractivity contribution is 8.03. The van der Waals surface area contributed by atoms with Crippen LogP contribution in [0, 0.1) is 0 Å². The molecule has 200 valence electrons. The Kier molecular flexibility index (Phi) is 10.6. The van der Waals surface area contributed by atoms with Gasteiger partial charge in [-0.1, -0.05) is 61.2 Å². The number of ether oxygens (including phenoxy) is 3. The number of hydrogen-bond acceptors (Lipinski definition) is 7. The zero-order chi connectivity index (χ0) is 26.7. The fourth-order valence-electron chi connectivity index (χ4n) is 3.49. The van der Waals surface area contributed by atoms with E-state index in [0.717, 1.165) is 28.2 Å². The van der Waals surface area contributed by atoms with E-state index < -0.39 is 17.8 Å². The molecule has 1 aliphatic heterocycles. The number of carbonyl (C=O) groups excluding carboxylic acids is 2. The van der Waals surface area contributed by atoms with Crippen LogP contribution in [0.1, 0.15) is 57.0 Å². The number of alkyl carbamates (subject to hydrolysis) is 2. The molecule has 3 rings (SSSR count). The maximum atomic E-state index is 11.9. The summed E-state index contributed by atoms with van der Waals surface area (Å²) in [6.45, 7) is 8.71. The van der Waals surface area contributed by atoms with Gasteiger partial charge in [-0.2, -0.15) is 0 Å². The summed E-state index contributed by atoms with van der Waals surface area (Å²) in [5.41, 5.74) is 1.54. The third-order valence-electron chi connectivity index (χ3n) is 5.36. The molecule has 2 amide bonds. The highest BCUT2D eigenvalue weighted by atomic mass is 32.2. The lowest BCUT2D eigenvalue weighted by atomic mass is 10.2. The molecule has 2 aromatic carbocycles. The lowest BCUT2D eigenvalue weighted by Crippen LogP contribution is -2.33. The molecule has 0 aromatic heterocycles. The fourth-order valence-corrected chi connectivity index (χ4v) is 4.51. The minimum absolute atomic E-state index is 0.0218. The summed E-state index contributed by atoms with van der Waals surface area (Å²) in [6, 6.07) is 17.6. The van der Waals surface area contributed by atoms with Gasteiger partial charge in [-0.05, 0) is 50.5 Å². The van der Waals surface area contributed by atoms with E-state index in [-0.39, 0.29) is 18.1 Å². The Morgan fingerprint density at radius 3 is 2.43 bits per heavy atom. The van der Waals surface area contributed by atoms with E-state index in [9.17, 15) is 9.59 Å². The average molecular weight is 528 g/mol. The van der Waals surface area contributed by atoms with Crippen LogP contribution in [-0.2, 0) is 16.1 Å². The summed E-state index contributed by atoms with van der Waals surface area (Å²) >= 11 is 1.65. The first-order valence-electron chi connectivity index (χ1n) is 12.5. The molecular formula is C28H37N3O5S. The lowest BCUT2D eigenvalue weighted by Gasteiger charge is -2.20. The summed E-state index contributed by atoms with van der Waals surface area (Å²) in [5.74, 6) is 0.782. The molecule has 1 unspecified atom stereocenters. The number of rotatable bonds is 11. The first kappa shape index (κ1) is 28.2. The Hall–Kier alpha value is -3.33. The van der Waals surface area contributed by atoms with Crippen LogP contribution in [0.5, 0.6) is 5.75 Å². The van der Waals surface area contributed by atoms with Gasteiger partial charge in [-0.3, -0.25) is 0 Å². The van der Waals surface area contributed by atoms with Gasteiger partial charge in [0.2, 0.25) is 0 Å². The van der Waals surface area contributed by atoms with Crippen LogP contribution in [0.4, 0.5) is 9.59 Å². The van der Waals surface area contributed by atoms with Crippen molar-refractivity contribution in [1.82, 2.24) is 16.0 Å². The van der Waals surface area contributed by atoms with Gasteiger partial charge in [0.1, 0.15) is 29.4 Å². The third-order valence-corrected chi connectivity index (χ3v) is 6.57. The summed E-state index contributed by atoms with van der Waals surface area (Å²) < 4.78 is 16.7. The van der Waals surface area contributed by atoms with E-state index >= 15 is 0 Å². The largest absolute Gasteiger partial charge is 0.490 e. The molecule has 0 aliphatic carbocycles. The topological polar surface area (TPSA) is 97.9 Å². The normalized spacial score (nSPS) is 15.7. The molecule has 0 bridgehead atoms. The van der Waals surface area contributed by atoms with Crippen molar-refractivity contribution < 1.29 is 23.8 Å². The van der Waals surface area contributed by atoms with Crippen molar-refractivity contribution in [3.05, 3.63) is 76.8 Å². The molecule has 3 N–H and O–H groups in total. The van der Waals surface area contributed by atoms with Gasteiger partial charge in [0.25, 0.3) is 0 Å². The van der Waals surface area contributed by atoms with Crippen LogP contribution >= 0.6 is 11.8 Å². The summed E-state index contributed by atoms with van der Waals surface area (Å²) in [5, 5.41) is 8.98. The van der Waals surface area contributed by atoms with Gasteiger partial charge >= 0.3 is 12.2 Å². The molecule has 9 heteroatoms. The van der Waals surface area contributed by atoms with E-state index in [1.807, 2.05) is 81.6 Å². The standard InChI is InChI=1S/C28H37N3O5S/c1-5-22(15-16-29-26(32)34-19-20-9-7-6-8-10-20)35-23-13-11-21(12-14-23)25-30-17-24(37-25)18-31-27(33)36-28(2,3)4/h6-14,17,22,25,30H,5,15-16,18-19H2,1-4H3,(H,29,32)(H,31,33)/t22-,25?/m0/s1. The Labute approximate surface area is 223 Å². The second-order valence-corrected chi connectivity index (χ2v) is 10.9. The maximum Gasteiger partial charge on any atom is 0.407 e. The maximum absolute atomic E-state index is 11.9. The average Bonchev–Trinajstić information content (AvgIpc) is 3.35. The molecule has 2 atom stereocenters. The fraction of sp³-hybridized carbons (Fsp3) is 0.429. The van der Waals surface area contributed by atoms with E-state index in [0.29, 0.717) is 19.5 Å². The first-order chi connectivity index (χ1) is 17.7. The minimum Gasteiger partial charge on any atom is -0.490 e. The van der Waals surface area contributed by atoms with E-state index in [1.165, 1.54) is 0 Å². The Balaban J connectivity index is 1.36. The van der Waals surface area contributed by atoms with Crippen LogP contribution in [0.2, 0.25) is 0 Å². The monoisotopic (exact) mass is 527 g/mol. The molecule has 1 aliphatic rings. The number of carbonyl (C=O) groups is 2. The molecular weight excluding hydrogens is 490 g/mol. The molecule has 0 radical (unpaired) electrons. The molecule has 0 saturated heterocycles. The van der Waals surface area contributed by atoms with Gasteiger partial charge in [0.05, 0.1) is 6.54 Å².